The molecule has 0 aliphatic rings. The second-order valence-electron chi connectivity index (χ2n) is 3.05. The Morgan fingerprint density at radius 2 is 2.00 bits per heavy atom. The third kappa shape index (κ3) is 2.21. The normalized spacial score (nSPS) is 9.77. The predicted octanol–water partition coefficient (Wildman–Crippen LogP) is 2.43. The fraction of sp³-hybridized carbons (Fsp3) is 0.222. The van der Waals surface area contributed by atoms with Gasteiger partial charge in [-0.05, 0) is 29.8 Å². The van der Waals surface area contributed by atoms with Gasteiger partial charge in [0.25, 0.3) is 0 Å². The molecule has 1 rings (SSSR count). The lowest BCUT2D eigenvalue weighted by Crippen LogP contribution is -2.00. The van der Waals surface area contributed by atoms with E-state index in [0.29, 0.717) is 16.0 Å². The van der Waals surface area contributed by atoms with E-state index in [-0.39, 0.29) is 0 Å². The van der Waals surface area contributed by atoms with Crippen molar-refractivity contribution in [2.75, 3.05) is 11.5 Å². The summed E-state index contributed by atoms with van der Waals surface area (Å²) >= 11 is 3.21. The molecule has 0 aromatic carbocycles. The molecule has 0 fully saturated rings. The monoisotopic (exact) mass is 241 g/mol. The van der Waals surface area contributed by atoms with Gasteiger partial charge in [-0.15, -0.1) is 0 Å². The topological polar surface area (TPSA) is 64.9 Å². The number of nitrogens with zero attached hydrogens (tertiary/aromatic N) is 1. The van der Waals surface area contributed by atoms with Crippen LogP contribution in [0, 0.1) is 0 Å². The number of allylic oxidation sites excluding steroid dienone is 1. The highest BCUT2D eigenvalue weighted by molar-refractivity contribution is 9.10. The van der Waals surface area contributed by atoms with E-state index < -0.39 is 0 Å². The summed E-state index contributed by atoms with van der Waals surface area (Å²) in [6.07, 6.45) is 3.65. The van der Waals surface area contributed by atoms with Gasteiger partial charge in [0.15, 0.2) is 0 Å². The first-order valence-electron chi connectivity index (χ1n) is 3.86. The van der Waals surface area contributed by atoms with Crippen molar-refractivity contribution in [1.82, 2.24) is 4.98 Å². The van der Waals surface area contributed by atoms with Gasteiger partial charge in [-0.2, -0.15) is 0 Å². The molecule has 0 amide bonds. The zero-order valence-electron chi connectivity index (χ0n) is 7.63. The molecule has 1 aromatic rings. The third-order valence-electron chi connectivity index (χ3n) is 1.58. The second-order valence-corrected chi connectivity index (χ2v) is 3.80. The van der Waals surface area contributed by atoms with Crippen LogP contribution in [0.15, 0.2) is 16.4 Å². The lowest BCUT2D eigenvalue weighted by atomic mass is 10.1. The molecule has 3 nitrogen and oxygen atoms in total. The summed E-state index contributed by atoms with van der Waals surface area (Å²) in [6, 6.07) is 0. The molecule has 0 atom stereocenters. The fourth-order valence-corrected chi connectivity index (χ4v) is 1.27. The number of hydrogen-bond acceptors (Lipinski definition) is 3. The summed E-state index contributed by atoms with van der Waals surface area (Å²) in [5.41, 5.74) is 14.6. The number of rotatable bonds is 1. The Hall–Kier alpha value is -1.03. The van der Waals surface area contributed by atoms with Crippen molar-refractivity contribution in [2.24, 2.45) is 0 Å². The summed E-state index contributed by atoms with van der Waals surface area (Å²) < 4.78 is 0.593. The van der Waals surface area contributed by atoms with Crippen LogP contribution in [0.25, 0.3) is 6.08 Å². The molecule has 0 radical (unpaired) electrons. The van der Waals surface area contributed by atoms with Gasteiger partial charge in [-0.3, -0.25) is 0 Å². The molecule has 0 bridgehead atoms. The summed E-state index contributed by atoms with van der Waals surface area (Å²) in [6.45, 7) is 4.00. The van der Waals surface area contributed by atoms with Crippen molar-refractivity contribution in [1.29, 1.82) is 0 Å². The van der Waals surface area contributed by atoms with Gasteiger partial charge < -0.3 is 11.5 Å². The Bertz CT molecular complexity index is 354. The molecule has 0 aliphatic carbocycles. The van der Waals surface area contributed by atoms with E-state index in [1.165, 1.54) is 0 Å². The van der Waals surface area contributed by atoms with Gasteiger partial charge in [0.2, 0.25) is 0 Å². The highest BCUT2D eigenvalue weighted by Crippen LogP contribution is 2.27. The van der Waals surface area contributed by atoms with Crippen molar-refractivity contribution in [3.05, 3.63) is 21.9 Å². The lowest BCUT2D eigenvalue weighted by Gasteiger charge is -2.05. The van der Waals surface area contributed by atoms with Crippen LogP contribution < -0.4 is 11.5 Å². The maximum absolute atomic E-state index is 5.79. The molecule has 1 heterocycles. The number of halogens is 1. The SMILES string of the molecule is CC(C)=Cc1cnc(Br)c(N)c1N. The molecule has 13 heavy (non-hydrogen) atoms. The number of anilines is 2. The zero-order valence-corrected chi connectivity index (χ0v) is 9.22. The molecule has 4 N–H and O–H groups in total. The maximum Gasteiger partial charge on any atom is 0.131 e. The van der Waals surface area contributed by atoms with Gasteiger partial charge in [0.1, 0.15) is 4.60 Å². The van der Waals surface area contributed by atoms with E-state index in [4.69, 9.17) is 11.5 Å². The molecule has 0 spiro atoms. The van der Waals surface area contributed by atoms with Crippen LogP contribution in [0.5, 0.6) is 0 Å². The van der Waals surface area contributed by atoms with Crippen LogP contribution in [0.4, 0.5) is 11.4 Å². The average molecular weight is 242 g/mol. The van der Waals surface area contributed by atoms with Crippen molar-refractivity contribution in [2.45, 2.75) is 13.8 Å². The Morgan fingerprint density at radius 1 is 1.38 bits per heavy atom. The number of nitrogens with two attached hydrogens (primary N) is 2. The number of aromatic nitrogens is 1. The van der Waals surface area contributed by atoms with Gasteiger partial charge in [-0.1, -0.05) is 11.6 Å². The average Bonchev–Trinajstić information content (AvgIpc) is 2.06. The van der Waals surface area contributed by atoms with Gasteiger partial charge in [0, 0.05) is 11.8 Å². The van der Waals surface area contributed by atoms with Crippen molar-refractivity contribution in [3.8, 4) is 0 Å². The Kier molecular flexibility index (Phi) is 2.93. The van der Waals surface area contributed by atoms with Crippen LogP contribution >= 0.6 is 15.9 Å². The molecule has 0 saturated heterocycles. The highest BCUT2D eigenvalue weighted by atomic mass is 79.9. The summed E-state index contributed by atoms with van der Waals surface area (Å²) in [5, 5.41) is 0. The van der Waals surface area contributed by atoms with Crippen molar-refractivity contribution >= 4 is 33.4 Å². The lowest BCUT2D eigenvalue weighted by molar-refractivity contribution is 1.27. The van der Waals surface area contributed by atoms with E-state index in [0.717, 1.165) is 11.1 Å². The molecule has 0 aliphatic heterocycles. The first-order chi connectivity index (χ1) is 6.02. The molecule has 70 valence electrons. The molecule has 0 unspecified atom stereocenters. The van der Waals surface area contributed by atoms with Crippen LogP contribution in [-0.2, 0) is 0 Å². The van der Waals surface area contributed by atoms with E-state index in [9.17, 15) is 0 Å². The molecular weight excluding hydrogens is 230 g/mol. The third-order valence-corrected chi connectivity index (χ3v) is 2.22. The van der Waals surface area contributed by atoms with Crippen LogP contribution in [-0.4, -0.2) is 4.98 Å². The molecule has 0 saturated carbocycles. The Balaban J connectivity index is 3.26. The van der Waals surface area contributed by atoms with E-state index in [1.807, 2.05) is 19.9 Å². The minimum atomic E-state index is 0.495. The quantitative estimate of drug-likeness (QED) is 0.743. The highest BCUT2D eigenvalue weighted by Gasteiger charge is 2.04. The summed E-state index contributed by atoms with van der Waals surface area (Å²) in [4.78, 5) is 4.06. The molecule has 4 heteroatoms. The largest absolute Gasteiger partial charge is 0.396 e. The predicted molar refractivity (Wildman–Crippen MR) is 60.1 cm³/mol. The molecule has 1 aromatic heterocycles. The Labute approximate surface area is 86.0 Å². The molecular formula is C9H12BrN3. The minimum absolute atomic E-state index is 0.495. The van der Waals surface area contributed by atoms with Crippen LogP contribution in [0.1, 0.15) is 19.4 Å². The van der Waals surface area contributed by atoms with Crippen molar-refractivity contribution in [3.63, 3.8) is 0 Å². The maximum atomic E-state index is 5.79. The van der Waals surface area contributed by atoms with Gasteiger partial charge >= 0.3 is 0 Å². The first-order valence-corrected chi connectivity index (χ1v) is 4.66. The smallest absolute Gasteiger partial charge is 0.131 e. The standard InChI is InChI=1S/C9H12BrN3/c1-5(2)3-6-4-13-9(10)8(12)7(6)11/h3-4H,12H2,1-2H3,(H2,11,13). The van der Waals surface area contributed by atoms with E-state index >= 15 is 0 Å². The van der Waals surface area contributed by atoms with Gasteiger partial charge in [0.05, 0.1) is 11.4 Å². The van der Waals surface area contributed by atoms with Crippen LogP contribution in [0.3, 0.4) is 0 Å². The zero-order chi connectivity index (χ0) is 10.0. The van der Waals surface area contributed by atoms with Crippen molar-refractivity contribution < 1.29 is 0 Å². The number of nitrogen functional groups attached to an aromatic ring is 2. The van der Waals surface area contributed by atoms with Crippen LogP contribution in [0.2, 0.25) is 0 Å². The summed E-state index contributed by atoms with van der Waals surface area (Å²) in [5.74, 6) is 0. The van der Waals surface area contributed by atoms with Gasteiger partial charge in [-0.25, -0.2) is 4.98 Å². The minimum Gasteiger partial charge on any atom is -0.396 e. The number of pyridine rings is 1. The number of hydrogen-bond donors (Lipinski definition) is 2. The fourth-order valence-electron chi connectivity index (χ4n) is 0.958. The second kappa shape index (κ2) is 3.79. The Morgan fingerprint density at radius 3 is 2.54 bits per heavy atom. The first kappa shape index (κ1) is 10.1. The van der Waals surface area contributed by atoms with E-state index in [2.05, 4.69) is 20.9 Å². The summed E-state index contributed by atoms with van der Waals surface area (Å²) in [7, 11) is 0. The van der Waals surface area contributed by atoms with E-state index in [1.54, 1.807) is 6.20 Å².